The van der Waals surface area contributed by atoms with Crippen LogP contribution in [0.2, 0.25) is 0 Å². The first-order chi connectivity index (χ1) is 14.9. The SMILES string of the molecule is c1cnc(-c2ccc3[nH]nc(-c4cc5c(N6CCCCC6)ccnc5[nH]4)c3n2)cn1. The predicted octanol–water partition coefficient (Wildman–Crippen LogP) is 3.95. The zero-order valence-electron chi connectivity index (χ0n) is 16.3. The topological polar surface area (TPSA) is 99.3 Å². The number of aromatic nitrogens is 7. The highest BCUT2D eigenvalue weighted by atomic mass is 15.1. The standard InChI is InChI=1S/C22H20N8/c1-2-10-30(11-3-1)19-6-7-25-22-14(19)12-17(27-22)21-20-16(28-29-21)5-4-15(26-20)18-13-23-8-9-24-18/h4-9,12-13H,1-3,10-11H2,(H,25,27)(H,28,29). The van der Waals surface area contributed by atoms with Gasteiger partial charge in [0.25, 0.3) is 0 Å². The quantitative estimate of drug-likeness (QED) is 0.479. The van der Waals surface area contributed by atoms with Crippen molar-refractivity contribution in [3.05, 3.63) is 49.1 Å². The number of aromatic amines is 2. The maximum atomic E-state index is 4.82. The van der Waals surface area contributed by atoms with Crippen molar-refractivity contribution in [3.8, 4) is 22.8 Å². The number of hydrogen-bond donors (Lipinski definition) is 2. The molecule has 5 aromatic heterocycles. The van der Waals surface area contributed by atoms with Gasteiger partial charge in [-0.2, -0.15) is 5.10 Å². The van der Waals surface area contributed by atoms with Gasteiger partial charge in [0.05, 0.1) is 23.1 Å². The molecule has 6 rings (SSSR count). The van der Waals surface area contributed by atoms with E-state index in [0.29, 0.717) is 0 Å². The molecule has 0 radical (unpaired) electrons. The summed E-state index contributed by atoms with van der Waals surface area (Å²) >= 11 is 0. The second-order valence-electron chi connectivity index (χ2n) is 7.58. The third kappa shape index (κ3) is 2.80. The Morgan fingerprint density at radius 3 is 2.70 bits per heavy atom. The Bertz CT molecular complexity index is 1330. The highest BCUT2D eigenvalue weighted by Crippen LogP contribution is 2.33. The summed E-state index contributed by atoms with van der Waals surface area (Å²) in [4.78, 5) is 23.8. The summed E-state index contributed by atoms with van der Waals surface area (Å²) in [5, 5.41) is 8.75. The Balaban J connectivity index is 1.47. The smallest absolute Gasteiger partial charge is 0.139 e. The maximum absolute atomic E-state index is 4.82. The molecule has 8 heteroatoms. The zero-order valence-corrected chi connectivity index (χ0v) is 16.3. The second kappa shape index (κ2) is 6.91. The lowest BCUT2D eigenvalue weighted by molar-refractivity contribution is 0.579. The molecule has 0 amide bonds. The molecular formula is C22H20N8. The summed E-state index contributed by atoms with van der Waals surface area (Å²) in [6.45, 7) is 2.18. The number of nitrogens with zero attached hydrogens (tertiary/aromatic N) is 6. The van der Waals surface area contributed by atoms with Crippen LogP contribution >= 0.6 is 0 Å². The first-order valence-electron chi connectivity index (χ1n) is 10.2. The van der Waals surface area contributed by atoms with Crippen molar-refractivity contribution in [1.82, 2.24) is 35.1 Å². The minimum Gasteiger partial charge on any atom is -0.371 e. The molecule has 2 N–H and O–H groups in total. The van der Waals surface area contributed by atoms with Crippen LogP contribution in [0.1, 0.15) is 19.3 Å². The van der Waals surface area contributed by atoms with Crippen molar-refractivity contribution in [2.24, 2.45) is 0 Å². The van der Waals surface area contributed by atoms with Crippen LogP contribution in [0.25, 0.3) is 44.8 Å². The van der Waals surface area contributed by atoms with Crippen LogP contribution in [0, 0.1) is 0 Å². The van der Waals surface area contributed by atoms with E-state index in [2.05, 4.69) is 47.2 Å². The molecule has 0 atom stereocenters. The number of H-pyrrole nitrogens is 2. The van der Waals surface area contributed by atoms with E-state index in [0.717, 1.165) is 57.9 Å². The van der Waals surface area contributed by atoms with E-state index >= 15 is 0 Å². The largest absolute Gasteiger partial charge is 0.371 e. The van der Waals surface area contributed by atoms with Crippen LogP contribution in [0.3, 0.4) is 0 Å². The molecule has 0 bridgehead atoms. The molecule has 0 aromatic carbocycles. The van der Waals surface area contributed by atoms with Crippen molar-refractivity contribution in [1.29, 1.82) is 0 Å². The van der Waals surface area contributed by atoms with E-state index in [4.69, 9.17) is 4.98 Å². The Kier molecular flexibility index (Phi) is 3.93. The number of nitrogens with one attached hydrogen (secondary N) is 2. The molecule has 1 saturated heterocycles. The molecule has 1 fully saturated rings. The summed E-state index contributed by atoms with van der Waals surface area (Å²) in [6.07, 6.45) is 10.7. The van der Waals surface area contributed by atoms with Gasteiger partial charge in [-0.3, -0.25) is 15.1 Å². The van der Waals surface area contributed by atoms with Crippen molar-refractivity contribution in [2.45, 2.75) is 19.3 Å². The summed E-state index contributed by atoms with van der Waals surface area (Å²) in [5.74, 6) is 0. The number of rotatable bonds is 3. The highest BCUT2D eigenvalue weighted by Gasteiger charge is 2.18. The highest BCUT2D eigenvalue weighted by molar-refractivity contribution is 5.97. The van der Waals surface area contributed by atoms with E-state index in [1.807, 2.05) is 18.3 Å². The predicted molar refractivity (Wildman–Crippen MR) is 116 cm³/mol. The first kappa shape index (κ1) is 17.1. The molecule has 5 aromatic rings. The van der Waals surface area contributed by atoms with E-state index < -0.39 is 0 Å². The average molecular weight is 396 g/mol. The lowest BCUT2D eigenvalue weighted by Gasteiger charge is -2.29. The minimum atomic E-state index is 0.734. The number of anilines is 1. The van der Waals surface area contributed by atoms with E-state index in [1.165, 1.54) is 24.9 Å². The normalized spacial score (nSPS) is 14.6. The summed E-state index contributed by atoms with van der Waals surface area (Å²) in [6, 6.07) is 8.15. The van der Waals surface area contributed by atoms with Gasteiger partial charge in [0, 0.05) is 42.8 Å². The molecular weight excluding hydrogens is 376 g/mol. The van der Waals surface area contributed by atoms with Crippen LogP contribution in [0.4, 0.5) is 5.69 Å². The fourth-order valence-electron chi connectivity index (χ4n) is 4.21. The van der Waals surface area contributed by atoms with E-state index in [-0.39, 0.29) is 0 Å². The van der Waals surface area contributed by atoms with Gasteiger partial charge in [-0.15, -0.1) is 0 Å². The van der Waals surface area contributed by atoms with E-state index in [9.17, 15) is 0 Å². The van der Waals surface area contributed by atoms with Gasteiger partial charge < -0.3 is 9.88 Å². The van der Waals surface area contributed by atoms with Gasteiger partial charge in [-0.25, -0.2) is 9.97 Å². The fourth-order valence-corrected chi connectivity index (χ4v) is 4.21. The second-order valence-corrected chi connectivity index (χ2v) is 7.58. The number of piperidine rings is 1. The zero-order chi connectivity index (χ0) is 19.9. The molecule has 0 saturated carbocycles. The molecule has 0 spiro atoms. The summed E-state index contributed by atoms with van der Waals surface area (Å²) in [7, 11) is 0. The lowest BCUT2D eigenvalue weighted by atomic mass is 10.1. The molecule has 6 heterocycles. The van der Waals surface area contributed by atoms with Gasteiger partial charge in [-0.1, -0.05) is 0 Å². The Morgan fingerprint density at radius 2 is 1.83 bits per heavy atom. The van der Waals surface area contributed by atoms with Crippen LogP contribution in [0.5, 0.6) is 0 Å². The van der Waals surface area contributed by atoms with Crippen LogP contribution < -0.4 is 4.90 Å². The number of fused-ring (bicyclic) bond motifs is 2. The minimum absolute atomic E-state index is 0.734. The molecule has 0 unspecified atom stereocenters. The van der Waals surface area contributed by atoms with Gasteiger partial charge in [0.2, 0.25) is 0 Å². The van der Waals surface area contributed by atoms with Crippen molar-refractivity contribution >= 4 is 27.8 Å². The molecule has 148 valence electrons. The average Bonchev–Trinajstić information content (AvgIpc) is 3.43. The Hall–Kier alpha value is -3.81. The molecule has 1 aliphatic rings. The van der Waals surface area contributed by atoms with Crippen LogP contribution in [-0.4, -0.2) is 48.2 Å². The van der Waals surface area contributed by atoms with Gasteiger partial charge in [0.15, 0.2) is 0 Å². The first-order valence-corrected chi connectivity index (χ1v) is 10.2. The fraction of sp³-hybridized carbons (Fsp3) is 0.227. The number of hydrogen-bond acceptors (Lipinski definition) is 6. The van der Waals surface area contributed by atoms with Crippen LogP contribution in [0.15, 0.2) is 49.1 Å². The third-order valence-electron chi connectivity index (χ3n) is 5.69. The molecule has 30 heavy (non-hydrogen) atoms. The Morgan fingerprint density at radius 1 is 0.900 bits per heavy atom. The summed E-state index contributed by atoms with van der Waals surface area (Å²) < 4.78 is 0. The van der Waals surface area contributed by atoms with Crippen molar-refractivity contribution in [3.63, 3.8) is 0 Å². The van der Waals surface area contributed by atoms with Gasteiger partial charge >= 0.3 is 0 Å². The molecule has 0 aliphatic carbocycles. The number of pyridine rings is 2. The molecule has 8 nitrogen and oxygen atoms in total. The van der Waals surface area contributed by atoms with Gasteiger partial charge in [-0.05, 0) is 43.5 Å². The van der Waals surface area contributed by atoms with Gasteiger partial charge in [0.1, 0.15) is 22.6 Å². The maximum Gasteiger partial charge on any atom is 0.139 e. The Labute approximate surface area is 172 Å². The van der Waals surface area contributed by atoms with E-state index in [1.54, 1.807) is 18.6 Å². The van der Waals surface area contributed by atoms with Crippen LogP contribution in [-0.2, 0) is 0 Å². The monoisotopic (exact) mass is 396 g/mol. The van der Waals surface area contributed by atoms with Crippen molar-refractivity contribution in [2.75, 3.05) is 18.0 Å². The summed E-state index contributed by atoms with van der Waals surface area (Å²) in [5.41, 5.74) is 6.95. The lowest BCUT2D eigenvalue weighted by Crippen LogP contribution is -2.29. The third-order valence-corrected chi connectivity index (χ3v) is 5.69. The van der Waals surface area contributed by atoms with Crippen molar-refractivity contribution < 1.29 is 0 Å². The molecule has 1 aliphatic heterocycles.